The fourth-order valence-corrected chi connectivity index (χ4v) is 7.82. The number of Topliss-reactive ketones (excluding diaryl/α,β-unsaturated/α-hetero) is 1. The van der Waals surface area contributed by atoms with Crippen molar-refractivity contribution in [1.82, 2.24) is 0 Å². The van der Waals surface area contributed by atoms with Crippen LogP contribution in [-0.2, 0) is 4.79 Å². The first kappa shape index (κ1) is 17.7. The topological polar surface area (TPSA) is 80.4 Å². The van der Waals surface area contributed by atoms with E-state index in [9.17, 15) is 20.0 Å². The van der Waals surface area contributed by atoms with Gasteiger partial charge < -0.3 is 5.11 Å². The van der Waals surface area contributed by atoms with Crippen LogP contribution in [0.3, 0.4) is 0 Å². The van der Waals surface area contributed by atoms with Crippen LogP contribution in [0.4, 0.5) is 0 Å². The molecule has 0 aromatic carbocycles. The Morgan fingerprint density at radius 2 is 1.92 bits per heavy atom. The van der Waals surface area contributed by atoms with Gasteiger partial charge in [-0.25, -0.2) is 0 Å². The van der Waals surface area contributed by atoms with Crippen molar-refractivity contribution in [3.05, 3.63) is 10.1 Å². The number of alkyl halides is 1. The second-order valence-electron chi connectivity index (χ2n) is 9.51. The largest absolute Gasteiger partial charge is 0.393 e. The van der Waals surface area contributed by atoms with Gasteiger partial charge in [0.05, 0.1) is 6.10 Å². The molecule has 0 spiro atoms. The van der Waals surface area contributed by atoms with Crippen molar-refractivity contribution in [2.75, 3.05) is 0 Å². The van der Waals surface area contributed by atoms with Crippen molar-refractivity contribution in [2.24, 2.45) is 28.6 Å². The van der Waals surface area contributed by atoms with E-state index in [0.29, 0.717) is 37.4 Å². The Bertz CT molecular complexity index is 627. The van der Waals surface area contributed by atoms with Crippen molar-refractivity contribution in [3.63, 3.8) is 0 Å². The maximum Gasteiger partial charge on any atom is 0.232 e. The quantitative estimate of drug-likeness (QED) is 0.435. The van der Waals surface area contributed by atoms with Crippen LogP contribution in [0.5, 0.6) is 0 Å². The minimum atomic E-state index is -0.980. The van der Waals surface area contributed by atoms with E-state index in [1.54, 1.807) is 0 Å². The van der Waals surface area contributed by atoms with E-state index in [0.717, 1.165) is 25.7 Å². The maximum absolute atomic E-state index is 12.5. The summed E-state index contributed by atoms with van der Waals surface area (Å²) in [7, 11) is 0. The highest BCUT2D eigenvalue weighted by atomic mass is 35.5. The van der Waals surface area contributed by atoms with Crippen LogP contribution in [0.1, 0.15) is 65.2 Å². The summed E-state index contributed by atoms with van der Waals surface area (Å²) in [5, 5.41) is 22.1. The highest BCUT2D eigenvalue weighted by Gasteiger charge is 2.70. The number of fused-ring (bicyclic) bond motifs is 5. The lowest BCUT2D eigenvalue weighted by atomic mass is 9.44. The molecule has 0 radical (unpaired) electrons. The van der Waals surface area contributed by atoms with Crippen LogP contribution in [0.25, 0.3) is 0 Å². The number of carbonyl (C=O) groups excluding carboxylic acids is 1. The average Bonchev–Trinajstić information content (AvgIpc) is 2.83. The van der Waals surface area contributed by atoms with Gasteiger partial charge in [0, 0.05) is 23.2 Å². The molecule has 0 heterocycles. The number of aliphatic hydroxyl groups excluding tert-OH is 1. The molecule has 0 aliphatic heterocycles. The lowest BCUT2D eigenvalue weighted by Crippen LogP contribution is -2.67. The third-order valence-corrected chi connectivity index (χ3v) is 9.56. The number of halogens is 1. The van der Waals surface area contributed by atoms with Gasteiger partial charge in [-0.1, -0.05) is 13.8 Å². The molecule has 25 heavy (non-hydrogen) atoms. The van der Waals surface area contributed by atoms with Crippen LogP contribution in [0.15, 0.2) is 0 Å². The minimum Gasteiger partial charge on any atom is -0.393 e. The summed E-state index contributed by atoms with van der Waals surface area (Å²) in [4.78, 5) is 23.3. The average molecular weight is 370 g/mol. The standard InChI is InChI=1S/C19H28ClNO4/c1-17-7-6-14-12(13(17)3-4-16(17)23)9-15(21(24)25)19(20)10-11(22)5-8-18(14,19)2/h11-15,22H,3-10H2,1-2H3/t11-,12-,13-,14-,15+,17-,18+,19-/m0/s1. The number of aliphatic hydroxyl groups is 1. The highest BCUT2D eigenvalue weighted by molar-refractivity contribution is 6.25. The van der Waals surface area contributed by atoms with E-state index in [1.165, 1.54) is 0 Å². The Labute approximate surface area is 153 Å². The Morgan fingerprint density at radius 3 is 2.60 bits per heavy atom. The predicted molar refractivity (Wildman–Crippen MR) is 94.0 cm³/mol. The molecule has 0 aromatic rings. The highest BCUT2D eigenvalue weighted by Crippen LogP contribution is 2.68. The third kappa shape index (κ3) is 2.14. The summed E-state index contributed by atoms with van der Waals surface area (Å²) in [6, 6.07) is -0.839. The molecule has 4 saturated carbocycles. The Kier molecular flexibility index (Phi) is 3.84. The number of rotatable bonds is 1. The van der Waals surface area contributed by atoms with Gasteiger partial charge in [-0.2, -0.15) is 0 Å². The molecule has 8 atom stereocenters. The second-order valence-corrected chi connectivity index (χ2v) is 10.2. The molecular formula is C19H28ClNO4. The zero-order chi connectivity index (χ0) is 18.2. The zero-order valence-corrected chi connectivity index (χ0v) is 15.8. The summed E-state index contributed by atoms with van der Waals surface area (Å²) in [5.74, 6) is 1.12. The van der Waals surface area contributed by atoms with Gasteiger partial charge in [0.25, 0.3) is 0 Å². The van der Waals surface area contributed by atoms with Gasteiger partial charge in [-0.3, -0.25) is 14.9 Å². The fourth-order valence-electron chi connectivity index (χ4n) is 7.24. The predicted octanol–water partition coefficient (Wildman–Crippen LogP) is 3.58. The van der Waals surface area contributed by atoms with Gasteiger partial charge in [-0.05, 0) is 61.7 Å². The summed E-state index contributed by atoms with van der Waals surface area (Å²) < 4.78 is 0. The molecule has 4 aliphatic rings. The molecule has 6 heteroatoms. The van der Waals surface area contributed by atoms with Crippen molar-refractivity contribution in [2.45, 2.75) is 82.2 Å². The number of nitrogens with zero attached hydrogens (tertiary/aromatic N) is 1. The zero-order valence-electron chi connectivity index (χ0n) is 15.0. The van der Waals surface area contributed by atoms with E-state index in [1.807, 2.05) is 0 Å². The summed E-state index contributed by atoms with van der Waals surface area (Å²) in [6.07, 6.45) is 4.91. The second kappa shape index (κ2) is 5.41. The molecule has 0 bridgehead atoms. The number of ketones is 1. The van der Waals surface area contributed by atoms with Crippen LogP contribution >= 0.6 is 11.6 Å². The lowest BCUT2D eigenvalue weighted by Gasteiger charge is -2.63. The van der Waals surface area contributed by atoms with Gasteiger partial charge in [-0.15, -0.1) is 11.6 Å². The molecule has 4 aliphatic carbocycles. The summed E-state index contributed by atoms with van der Waals surface area (Å²) in [5.41, 5.74) is -0.638. The molecule has 4 rings (SSSR count). The fraction of sp³-hybridized carbons (Fsp3) is 0.947. The van der Waals surface area contributed by atoms with Crippen molar-refractivity contribution in [1.29, 1.82) is 0 Å². The Balaban J connectivity index is 1.78. The van der Waals surface area contributed by atoms with Crippen LogP contribution in [-0.4, -0.2) is 32.8 Å². The van der Waals surface area contributed by atoms with Crippen LogP contribution < -0.4 is 0 Å². The third-order valence-electron chi connectivity index (χ3n) is 8.72. The van der Waals surface area contributed by atoms with Crippen molar-refractivity contribution < 1.29 is 14.8 Å². The Hall–Kier alpha value is -0.680. The number of hydrogen-bond acceptors (Lipinski definition) is 4. The van der Waals surface area contributed by atoms with E-state index in [2.05, 4.69) is 13.8 Å². The molecule has 0 amide bonds. The SMILES string of the molecule is C[C@]12CC[C@H]3[C@@H](C[C@@H]([N+](=O)[O-])[C@@]4(Cl)C[C@@H](O)CC[C@]34C)[C@@H]1CCC2=O. The molecule has 1 N–H and O–H groups in total. The normalized spacial score (nSPS) is 55.2. The van der Waals surface area contributed by atoms with Gasteiger partial charge >= 0.3 is 0 Å². The molecule has 0 unspecified atom stereocenters. The van der Waals surface area contributed by atoms with Crippen molar-refractivity contribution in [3.8, 4) is 0 Å². The first-order valence-electron chi connectivity index (χ1n) is 9.67. The number of hydrogen-bond donors (Lipinski definition) is 1. The Morgan fingerprint density at radius 1 is 1.20 bits per heavy atom. The molecular weight excluding hydrogens is 342 g/mol. The first-order chi connectivity index (χ1) is 11.6. The lowest BCUT2D eigenvalue weighted by molar-refractivity contribution is -0.543. The molecule has 140 valence electrons. The minimum absolute atomic E-state index is 0.202. The molecule has 4 fully saturated rings. The number of carbonyl (C=O) groups is 1. The van der Waals surface area contributed by atoms with Crippen LogP contribution in [0.2, 0.25) is 0 Å². The van der Waals surface area contributed by atoms with E-state index < -0.39 is 17.0 Å². The van der Waals surface area contributed by atoms with E-state index >= 15 is 0 Å². The van der Waals surface area contributed by atoms with Crippen molar-refractivity contribution >= 4 is 17.4 Å². The number of nitro groups is 1. The van der Waals surface area contributed by atoms with Gasteiger partial charge in [0.15, 0.2) is 0 Å². The molecule has 0 saturated heterocycles. The van der Waals surface area contributed by atoms with Gasteiger partial charge in [0.2, 0.25) is 6.04 Å². The van der Waals surface area contributed by atoms with Gasteiger partial charge in [0.1, 0.15) is 10.7 Å². The van der Waals surface area contributed by atoms with E-state index in [-0.39, 0.29) is 27.6 Å². The van der Waals surface area contributed by atoms with E-state index in [4.69, 9.17) is 11.6 Å². The molecule has 5 nitrogen and oxygen atoms in total. The monoisotopic (exact) mass is 369 g/mol. The van der Waals surface area contributed by atoms with Crippen LogP contribution in [0, 0.1) is 38.7 Å². The first-order valence-corrected chi connectivity index (χ1v) is 10.0. The smallest absolute Gasteiger partial charge is 0.232 e. The summed E-state index contributed by atoms with van der Waals surface area (Å²) in [6.45, 7) is 4.21. The maximum atomic E-state index is 12.5. The summed E-state index contributed by atoms with van der Waals surface area (Å²) >= 11 is 7.03. The molecule has 0 aromatic heterocycles.